The summed E-state index contributed by atoms with van der Waals surface area (Å²) in [4.78, 5) is 15.2. The maximum absolute atomic E-state index is 13.2. The molecule has 4 nitrogen and oxygen atoms in total. The first-order valence-corrected chi connectivity index (χ1v) is 9.46. The molecule has 0 saturated carbocycles. The van der Waals surface area contributed by atoms with E-state index in [1.807, 2.05) is 53.4 Å². The number of carbonyl (C=O) groups excluding carboxylic acids is 1. The quantitative estimate of drug-likeness (QED) is 0.738. The Kier molecular flexibility index (Phi) is 5.02. The smallest absolute Gasteiger partial charge is 0.254 e. The highest BCUT2D eigenvalue weighted by Gasteiger charge is 2.31. The third-order valence-corrected chi connectivity index (χ3v) is 5.35. The Morgan fingerprint density at radius 1 is 1.07 bits per heavy atom. The van der Waals surface area contributed by atoms with Crippen molar-refractivity contribution in [1.82, 2.24) is 4.90 Å². The van der Waals surface area contributed by atoms with Crippen molar-refractivity contribution in [3.05, 3.63) is 95.1 Å². The Morgan fingerprint density at radius 2 is 1.82 bits per heavy atom. The fraction of sp³-hybridized carbons (Fsp3) is 0.208. The van der Waals surface area contributed by atoms with Crippen LogP contribution in [0.3, 0.4) is 0 Å². The molecule has 1 heterocycles. The van der Waals surface area contributed by atoms with Crippen LogP contribution >= 0.6 is 0 Å². The van der Waals surface area contributed by atoms with Crippen LogP contribution in [0.15, 0.2) is 72.8 Å². The van der Waals surface area contributed by atoms with Crippen molar-refractivity contribution in [2.24, 2.45) is 0 Å². The second kappa shape index (κ2) is 7.77. The Bertz CT molecular complexity index is 967. The molecule has 1 atom stereocenters. The van der Waals surface area contributed by atoms with E-state index < -0.39 is 0 Å². The molecular formula is C24H23NO3. The fourth-order valence-electron chi connectivity index (χ4n) is 3.88. The number of ether oxygens (including phenoxy) is 1. The zero-order valence-electron chi connectivity index (χ0n) is 15.8. The molecule has 0 bridgehead atoms. The molecule has 1 aliphatic heterocycles. The summed E-state index contributed by atoms with van der Waals surface area (Å²) in [5.41, 5.74) is 4.16. The van der Waals surface area contributed by atoms with Crippen molar-refractivity contribution in [3.63, 3.8) is 0 Å². The lowest BCUT2D eigenvalue weighted by Crippen LogP contribution is -2.41. The number of fused-ring (bicyclic) bond motifs is 1. The van der Waals surface area contributed by atoms with Gasteiger partial charge in [-0.15, -0.1) is 0 Å². The topological polar surface area (TPSA) is 49.8 Å². The summed E-state index contributed by atoms with van der Waals surface area (Å²) in [5, 5.41) is 9.59. The summed E-state index contributed by atoms with van der Waals surface area (Å²) in [6.07, 6.45) is 1.50. The van der Waals surface area contributed by atoms with Crippen molar-refractivity contribution < 1.29 is 14.6 Å². The van der Waals surface area contributed by atoms with Gasteiger partial charge < -0.3 is 14.7 Å². The van der Waals surface area contributed by atoms with E-state index in [4.69, 9.17) is 4.74 Å². The number of methoxy groups -OCH3 is 1. The summed E-state index contributed by atoms with van der Waals surface area (Å²) in [5.74, 6) is 1.13. The van der Waals surface area contributed by atoms with Crippen LogP contribution in [0.5, 0.6) is 11.5 Å². The van der Waals surface area contributed by atoms with E-state index >= 15 is 0 Å². The molecule has 0 fully saturated rings. The van der Waals surface area contributed by atoms with Gasteiger partial charge in [0, 0.05) is 12.1 Å². The molecular weight excluding hydrogens is 350 g/mol. The van der Waals surface area contributed by atoms with Crippen molar-refractivity contribution >= 4 is 5.91 Å². The first kappa shape index (κ1) is 18.1. The zero-order valence-corrected chi connectivity index (χ0v) is 15.8. The minimum atomic E-state index is -0.0631. The molecule has 1 N–H and O–H groups in total. The first-order valence-electron chi connectivity index (χ1n) is 9.46. The highest BCUT2D eigenvalue weighted by Crippen LogP contribution is 2.35. The van der Waals surface area contributed by atoms with E-state index in [1.165, 1.54) is 5.56 Å². The Morgan fingerprint density at radius 3 is 2.54 bits per heavy atom. The van der Waals surface area contributed by atoms with Gasteiger partial charge in [-0.05, 0) is 65.9 Å². The van der Waals surface area contributed by atoms with Crippen LogP contribution in [0.2, 0.25) is 0 Å². The molecule has 3 aromatic rings. The number of benzene rings is 3. The zero-order chi connectivity index (χ0) is 19.5. The van der Waals surface area contributed by atoms with Crippen LogP contribution in [-0.4, -0.2) is 29.6 Å². The van der Waals surface area contributed by atoms with E-state index in [0.717, 1.165) is 23.3 Å². The third-order valence-electron chi connectivity index (χ3n) is 5.35. The molecule has 0 aliphatic carbocycles. The summed E-state index contributed by atoms with van der Waals surface area (Å²) in [6, 6.07) is 22.7. The molecule has 1 aliphatic rings. The van der Waals surface area contributed by atoms with Gasteiger partial charge in [0.1, 0.15) is 11.5 Å². The molecule has 0 spiro atoms. The van der Waals surface area contributed by atoms with Crippen LogP contribution in [0, 0.1) is 0 Å². The second-order valence-electron chi connectivity index (χ2n) is 7.07. The molecule has 0 saturated heterocycles. The maximum atomic E-state index is 13.2. The molecule has 0 radical (unpaired) electrons. The summed E-state index contributed by atoms with van der Waals surface area (Å²) in [7, 11) is 1.67. The van der Waals surface area contributed by atoms with Gasteiger partial charge >= 0.3 is 0 Å². The van der Waals surface area contributed by atoms with E-state index in [0.29, 0.717) is 18.5 Å². The van der Waals surface area contributed by atoms with Crippen LogP contribution in [0.1, 0.15) is 33.1 Å². The number of amides is 1. The Labute approximate surface area is 165 Å². The molecule has 0 aromatic heterocycles. The van der Waals surface area contributed by atoms with Crippen molar-refractivity contribution in [2.75, 3.05) is 13.7 Å². The number of phenols is 1. The predicted octanol–water partition coefficient (Wildman–Crippen LogP) is 4.38. The van der Waals surface area contributed by atoms with Crippen LogP contribution in [0.25, 0.3) is 0 Å². The standard InChI is InChI=1S/C24H23NO3/c1-28-21-11-12-22-19(16-21)13-14-25(24(27)18-5-3-2-4-6-18)23(22)15-17-7-9-20(26)10-8-17/h2-12,16,23,26H,13-15H2,1H3. The molecule has 1 unspecified atom stereocenters. The predicted molar refractivity (Wildman–Crippen MR) is 109 cm³/mol. The van der Waals surface area contributed by atoms with E-state index in [-0.39, 0.29) is 17.7 Å². The summed E-state index contributed by atoms with van der Waals surface area (Å²) in [6.45, 7) is 0.663. The van der Waals surface area contributed by atoms with Gasteiger partial charge in [-0.2, -0.15) is 0 Å². The number of hydrogen-bond acceptors (Lipinski definition) is 3. The number of phenolic OH excluding ortho intramolecular Hbond substituents is 1. The molecule has 3 aromatic carbocycles. The van der Waals surface area contributed by atoms with E-state index in [9.17, 15) is 9.90 Å². The van der Waals surface area contributed by atoms with E-state index in [1.54, 1.807) is 19.2 Å². The van der Waals surface area contributed by atoms with Crippen LogP contribution in [0.4, 0.5) is 0 Å². The minimum Gasteiger partial charge on any atom is -0.508 e. The molecule has 4 rings (SSSR count). The number of rotatable bonds is 4. The van der Waals surface area contributed by atoms with Crippen molar-refractivity contribution in [1.29, 1.82) is 0 Å². The highest BCUT2D eigenvalue weighted by molar-refractivity contribution is 5.94. The summed E-state index contributed by atoms with van der Waals surface area (Å²) >= 11 is 0. The van der Waals surface area contributed by atoms with Gasteiger partial charge in [0.2, 0.25) is 0 Å². The van der Waals surface area contributed by atoms with Gasteiger partial charge in [-0.25, -0.2) is 0 Å². The average Bonchev–Trinajstić information content (AvgIpc) is 2.75. The van der Waals surface area contributed by atoms with Gasteiger partial charge in [0.25, 0.3) is 5.91 Å². The lowest BCUT2D eigenvalue weighted by Gasteiger charge is -2.38. The third kappa shape index (κ3) is 3.58. The normalized spacial score (nSPS) is 15.8. The molecule has 142 valence electrons. The minimum absolute atomic E-state index is 0.0471. The van der Waals surface area contributed by atoms with Gasteiger partial charge in [-0.1, -0.05) is 36.4 Å². The highest BCUT2D eigenvalue weighted by atomic mass is 16.5. The fourth-order valence-corrected chi connectivity index (χ4v) is 3.88. The molecule has 1 amide bonds. The number of aromatic hydroxyl groups is 1. The maximum Gasteiger partial charge on any atom is 0.254 e. The summed E-state index contributed by atoms with van der Waals surface area (Å²) < 4.78 is 5.38. The SMILES string of the molecule is COc1ccc2c(c1)CCN(C(=O)c1ccccc1)C2Cc1ccc(O)cc1. The lowest BCUT2D eigenvalue weighted by atomic mass is 9.88. The molecule has 28 heavy (non-hydrogen) atoms. The lowest BCUT2D eigenvalue weighted by molar-refractivity contribution is 0.0660. The van der Waals surface area contributed by atoms with Gasteiger partial charge in [0.15, 0.2) is 0 Å². The largest absolute Gasteiger partial charge is 0.508 e. The second-order valence-corrected chi connectivity index (χ2v) is 7.07. The number of nitrogens with zero attached hydrogens (tertiary/aromatic N) is 1. The Hall–Kier alpha value is -3.27. The Balaban J connectivity index is 1.72. The molecule has 4 heteroatoms. The number of hydrogen-bond donors (Lipinski definition) is 1. The van der Waals surface area contributed by atoms with Gasteiger partial charge in [-0.3, -0.25) is 4.79 Å². The van der Waals surface area contributed by atoms with Crippen molar-refractivity contribution in [2.45, 2.75) is 18.9 Å². The van der Waals surface area contributed by atoms with E-state index in [2.05, 4.69) is 12.1 Å². The van der Waals surface area contributed by atoms with Crippen LogP contribution < -0.4 is 4.74 Å². The average molecular weight is 373 g/mol. The number of carbonyl (C=O) groups is 1. The first-order chi connectivity index (χ1) is 13.7. The van der Waals surface area contributed by atoms with Crippen molar-refractivity contribution in [3.8, 4) is 11.5 Å². The van der Waals surface area contributed by atoms with Crippen LogP contribution in [-0.2, 0) is 12.8 Å². The monoisotopic (exact) mass is 373 g/mol. The van der Waals surface area contributed by atoms with Gasteiger partial charge in [0.05, 0.1) is 13.2 Å².